The van der Waals surface area contributed by atoms with Gasteiger partial charge in [-0.3, -0.25) is 4.79 Å². The quantitative estimate of drug-likeness (QED) is 0.652. The Labute approximate surface area is 104 Å². The predicted molar refractivity (Wildman–Crippen MR) is 67.9 cm³/mol. The first-order valence-electron chi connectivity index (χ1n) is 5.40. The molecule has 0 spiro atoms. The molecule has 4 heteroatoms. The number of halogens is 1. The highest BCUT2D eigenvalue weighted by Crippen LogP contribution is 2.03. The average Bonchev–Trinajstić information content (AvgIpc) is 2.40. The van der Waals surface area contributed by atoms with Crippen LogP contribution in [0.4, 0.5) is 4.39 Å². The van der Waals surface area contributed by atoms with Gasteiger partial charge < -0.3 is 0 Å². The van der Waals surface area contributed by atoms with Crippen molar-refractivity contribution in [3.05, 3.63) is 71.5 Å². The number of carbonyl (C=O) groups is 1. The van der Waals surface area contributed by atoms with Gasteiger partial charge in [0.2, 0.25) is 0 Å². The van der Waals surface area contributed by atoms with Crippen LogP contribution in [0.25, 0.3) is 0 Å². The summed E-state index contributed by atoms with van der Waals surface area (Å²) in [6.07, 6.45) is 1.52. The second-order valence-corrected chi connectivity index (χ2v) is 3.62. The minimum Gasteiger partial charge on any atom is -0.267 e. The van der Waals surface area contributed by atoms with E-state index in [2.05, 4.69) is 10.5 Å². The van der Waals surface area contributed by atoms with Gasteiger partial charge in [0.25, 0.3) is 5.91 Å². The fraction of sp³-hybridized carbons (Fsp3) is 0. The van der Waals surface area contributed by atoms with Gasteiger partial charge >= 0.3 is 0 Å². The van der Waals surface area contributed by atoms with Gasteiger partial charge in [0.1, 0.15) is 5.82 Å². The van der Waals surface area contributed by atoms with Crippen LogP contribution in [0.5, 0.6) is 0 Å². The smallest absolute Gasteiger partial charge is 0.267 e. The van der Waals surface area contributed by atoms with Crippen LogP contribution >= 0.6 is 0 Å². The number of rotatable bonds is 3. The van der Waals surface area contributed by atoms with Crippen molar-refractivity contribution in [1.29, 1.82) is 0 Å². The van der Waals surface area contributed by atoms with Crippen molar-refractivity contribution < 1.29 is 9.18 Å². The molecule has 0 heterocycles. The van der Waals surface area contributed by atoms with E-state index < -0.39 is 11.7 Å². The summed E-state index contributed by atoms with van der Waals surface area (Å²) in [7, 11) is 0. The zero-order chi connectivity index (χ0) is 12.8. The number of hydrogen-bond donors (Lipinski definition) is 1. The van der Waals surface area contributed by atoms with Crippen molar-refractivity contribution in [3.63, 3.8) is 0 Å². The molecule has 0 aliphatic carbocycles. The Bertz CT molecular complexity index is 567. The second kappa shape index (κ2) is 5.72. The Balaban J connectivity index is 1.99. The minimum absolute atomic E-state index is 0.236. The fourth-order valence-corrected chi connectivity index (χ4v) is 1.40. The van der Waals surface area contributed by atoms with Crippen LogP contribution < -0.4 is 5.43 Å². The van der Waals surface area contributed by atoms with Gasteiger partial charge in [-0.05, 0) is 23.8 Å². The summed E-state index contributed by atoms with van der Waals surface area (Å²) in [4.78, 5) is 11.6. The fourth-order valence-electron chi connectivity index (χ4n) is 1.40. The van der Waals surface area contributed by atoms with E-state index in [-0.39, 0.29) is 5.56 Å². The Kier molecular flexibility index (Phi) is 3.81. The lowest BCUT2D eigenvalue weighted by molar-refractivity contribution is 0.0954. The highest BCUT2D eigenvalue weighted by molar-refractivity contribution is 5.94. The molecule has 0 unspecified atom stereocenters. The molecular formula is C14H11FN2O. The van der Waals surface area contributed by atoms with Crippen molar-refractivity contribution in [1.82, 2.24) is 5.43 Å². The molecule has 0 saturated heterocycles. The van der Waals surface area contributed by atoms with E-state index in [1.807, 2.05) is 30.3 Å². The lowest BCUT2D eigenvalue weighted by Gasteiger charge is -1.99. The molecular weight excluding hydrogens is 231 g/mol. The molecule has 0 radical (unpaired) electrons. The molecule has 2 aromatic rings. The number of benzene rings is 2. The molecule has 18 heavy (non-hydrogen) atoms. The number of nitrogens with one attached hydrogen (secondary N) is 1. The van der Waals surface area contributed by atoms with E-state index in [9.17, 15) is 9.18 Å². The summed E-state index contributed by atoms with van der Waals surface area (Å²) in [5.41, 5.74) is 3.45. The van der Waals surface area contributed by atoms with Crippen molar-refractivity contribution in [2.75, 3.05) is 0 Å². The molecule has 2 aromatic carbocycles. The summed E-state index contributed by atoms with van der Waals surface area (Å²) in [5, 5.41) is 3.80. The van der Waals surface area contributed by atoms with Gasteiger partial charge in [-0.2, -0.15) is 5.10 Å². The van der Waals surface area contributed by atoms with Crippen molar-refractivity contribution in [2.45, 2.75) is 0 Å². The highest BCUT2D eigenvalue weighted by atomic mass is 19.1. The van der Waals surface area contributed by atoms with Crippen LogP contribution in [0.3, 0.4) is 0 Å². The third-order valence-electron chi connectivity index (χ3n) is 2.27. The van der Waals surface area contributed by atoms with Gasteiger partial charge in [-0.15, -0.1) is 0 Å². The molecule has 0 aliphatic heterocycles. The molecule has 0 saturated carbocycles. The maximum Gasteiger partial charge on any atom is 0.271 e. The van der Waals surface area contributed by atoms with Gasteiger partial charge in [0.05, 0.1) is 6.21 Å². The zero-order valence-corrected chi connectivity index (χ0v) is 9.51. The molecule has 1 N–H and O–H groups in total. The second-order valence-electron chi connectivity index (χ2n) is 3.62. The molecule has 0 bridgehead atoms. The Hall–Kier alpha value is -2.49. The zero-order valence-electron chi connectivity index (χ0n) is 9.51. The molecule has 0 fully saturated rings. The largest absolute Gasteiger partial charge is 0.271 e. The minimum atomic E-state index is -0.449. The molecule has 0 atom stereocenters. The number of hydrazone groups is 1. The number of carbonyl (C=O) groups excluding carboxylic acids is 1. The Morgan fingerprint density at radius 3 is 2.61 bits per heavy atom. The van der Waals surface area contributed by atoms with Gasteiger partial charge in [-0.1, -0.05) is 36.4 Å². The molecule has 0 aliphatic rings. The normalized spacial score (nSPS) is 10.5. The third-order valence-corrected chi connectivity index (χ3v) is 2.27. The van der Waals surface area contributed by atoms with Crippen LogP contribution in [-0.4, -0.2) is 12.1 Å². The maximum absolute atomic E-state index is 12.9. The molecule has 3 nitrogen and oxygen atoms in total. The van der Waals surface area contributed by atoms with Crippen molar-refractivity contribution in [2.24, 2.45) is 5.10 Å². The van der Waals surface area contributed by atoms with E-state index in [0.717, 1.165) is 11.6 Å². The first-order chi connectivity index (χ1) is 8.75. The SMILES string of the molecule is O=C(N/N=C/c1ccccc1)c1cccc(F)c1. The maximum atomic E-state index is 12.9. The van der Waals surface area contributed by atoms with E-state index >= 15 is 0 Å². The number of nitrogens with zero attached hydrogens (tertiary/aromatic N) is 1. The lowest BCUT2D eigenvalue weighted by atomic mass is 10.2. The van der Waals surface area contributed by atoms with Crippen LogP contribution in [0.2, 0.25) is 0 Å². The third kappa shape index (κ3) is 3.25. The van der Waals surface area contributed by atoms with Gasteiger partial charge in [0, 0.05) is 5.56 Å². The summed E-state index contributed by atoms with van der Waals surface area (Å²) >= 11 is 0. The van der Waals surface area contributed by atoms with Crippen molar-refractivity contribution in [3.8, 4) is 0 Å². The number of amides is 1. The highest BCUT2D eigenvalue weighted by Gasteiger charge is 2.04. The monoisotopic (exact) mass is 242 g/mol. The van der Waals surface area contributed by atoms with Crippen LogP contribution in [-0.2, 0) is 0 Å². The lowest BCUT2D eigenvalue weighted by Crippen LogP contribution is -2.17. The molecule has 1 amide bonds. The Morgan fingerprint density at radius 1 is 1.11 bits per heavy atom. The molecule has 0 aromatic heterocycles. The molecule has 2 rings (SSSR count). The van der Waals surface area contributed by atoms with Crippen LogP contribution in [0.15, 0.2) is 59.7 Å². The Morgan fingerprint density at radius 2 is 1.89 bits per heavy atom. The van der Waals surface area contributed by atoms with Crippen LogP contribution in [0, 0.1) is 5.82 Å². The average molecular weight is 242 g/mol. The first kappa shape index (κ1) is 12.0. The number of hydrogen-bond acceptors (Lipinski definition) is 2. The summed E-state index contributed by atoms with van der Waals surface area (Å²) < 4.78 is 12.9. The van der Waals surface area contributed by atoms with Gasteiger partial charge in [-0.25, -0.2) is 9.82 Å². The van der Waals surface area contributed by atoms with Gasteiger partial charge in [0.15, 0.2) is 0 Å². The standard InChI is InChI=1S/C14H11FN2O/c15-13-8-4-7-12(9-13)14(18)17-16-10-11-5-2-1-3-6-11/h1-10H,(H,17,18)/b16-10+. The summed E-state index contributed by atoms with van der Waals surface area (Å²) in [5.74, 6) is -0.892. The van der Waals surface area contributed by atoms with E-state index in [1.54, 1.807) is 0 Å². The van der Waals surface area contributed by atoms with Crippen molar-refractivity contribution >= 4 is 12.1 Å². The van der Waals surface area contributed by atoms with E-state index in [1.165, 1.54) is 24.4 Å². The predicted octanol–water partition coefficient (Wildman–Crippen LogP) is 2.59. The summed E-state index contributed by atoms with van der Waals surface area (Å²) in [6.45, 7) is 0. The van der Waals surface area contributed by atoms with Crippen LogP contribution in [0.1, 0.15) is 15.9 Å². The van der Waals surface area contributed by atoms with E-state index in [4.69, 9.17) is 0 Å². The first-order valence-corrected chi connectivity index (χ1v) is 5.40. The summed E-state index contributed by atoms with van der Waals surface area (Å²) in [6, 6.07) is 14.8. The van der Waals surface area contributed by atoms with E-state index in [0.29, 0.717) is 0 Å². The molecule has 90 valence electrons. The topological polar surface area (TPSA) is 41.5 Å².